The summed E-state index contributed by atoms with van der Waals surface area (Å²) < 4.78 is 4.52. The molecular weight excluding hydrogens is 198 g/mol. The van der Waals surface area contributed by atoms with Crippen LogP contribution in [0.1, 0.15) is 10.5 Å². The summed E-state index contributed by atoms with van der Waals surface area (Å²) in [6.07, 6.45) is 0. The van der Waals surface area contributed by atoms with Gasteiger partial charge in [-0.3, -0.25) is 0 Å². The molecule has 0 spiro atoms. The normalized spacial score (nSPS) is 10.5. The number of hydrogen-bond donors (Lipinski definition) is 3. The largest absolute Gasteiger partial charge is 0.508 e. The lowest BCUT2D eigenvalue weighted by molar-refractivity contribution is 0.0595. The van der Waals surface area contributed by atoms with Gasteiger partial charge in [0.05, 0.1) is 12.6 Å². The first-order valence-corrected chi connectivity index (χ1v) is 4.25. The zero-order valence-electron chi connectivity index (χ0n) is 7.94. The molecule has 0 radical (unpaired) electrons. The summed E-state index contributed by atoms with van der Waals surface area (Å²) >= 11 is 0. The van der Waals surface area contributed by atoms with Crippen molar-refractivity contribution in [3.05, 3.63) is 23.9 Å². The third-order valence-corrected chi connectivity index (χ3v) is 2.11. The lowest BCUT2D eigenvalue weighted by Gasteiger charge is -1.95. The molecule has 1 aromatic carbocycles. The van der Waals surface area contributed by atoms with Crippen LogP contribution in [0, 0.1) is 0 Å². The quantitative estimate of drug-likeness (QED) is 0.616. The molecule has 0 aliphatic heterocycles. The third-order valence-electron chi connectivity index (χ3n) is 2.11. The van der Waals surface area contributed by atoms with E-state index in [1.54, 1.807) is 0 Å². The average Bonchev–Trinajstić information content (AvgIpc) is 2.60. The number of carbonyl (C=O) groups excluding carboxylic acids is 1. The molecule has 15 heavy (non-hydrogen) atoms. The number of aromatic nitrogens is 1. The number of benzene rings is 1. The van der Waals surface area contributed by atoms with E-state index in [0.29, 0.717) is 10.9 Å². The smallest absolute Gasteiger partial charge is 0.354 e. The van der Waals surface area contributed by atoms with Gasteiger partial charge in [0, 0.05) is 17.5 Å². The van der Waals surface area contributed by atoms with Crippen LogP contribution in [-0.2, 0) is 4.74 Å². The van der Waals surface area contributed by atoms with E-state index >= 15 is 0 Å². The molecule has 1 aromatic heterocycles. The average molecular weight is 207 g/mol. The Balaban J connectivity index is 2.65. The maximum atomic E-state index is 11.2. The van der Waals surface area contributed by atoms with Crippen LogP contribution < -0.4 is 0 Å². The third kappa shape index (κ3) is 1.48. The number of aromatic amines is 1. The zero-order valence-corrected chi connectivity index (χ0v) is 7.94. The highest BCUT2D eigenvalue weighted by Gasteiger charge is 2.12. The molecule has 0 unspecified atom stereocenters. The molecule has 0 fully saturated rings. The Labute approximate surface area is 84.9 Å². The van der Waals surface area contributed by atoms with Crippen molar-refractivity contribution in [1.82, 2.24) is 4.98 Å². The zero-order chi connectivity index (χ0) is 11.0. The summed E-state index contributed by atoms with van der Waals surface area (Å²) in [5, 5.41) is 19.2. The SMILES string of the molecule is COC(=O)c1cc2c(O)cc(O)cc2[nH]1. The molecule has 0 bridgehead atoms. The van der Waals surface area contributed by atoms with Crippen LogP contribution in [-0.4, -0.2) is 28.3 Å². The van der Waals surface area contributed by atoms with Crippen LogP contribution in [0.3, 0.4) is 0 Å². The number of ether oxygens (including phenoxy) is 1. The second kappa shape index (κ2) is 3.20. The van der Waals surface area contributed by atoms with Crippen LogP contribution in [0.15, 0.2) is 18.2 Å². The first kappa shape index (κ1) is 9.39. The minimum atomic E-state index is -0.523. The number of aromatic hydroxyl groups is 2. The predicted octanol–water partition coefficient (Wildman–Crippen LogP) is 1.37. The number of fused-ring (bicyclic) bond motifs is 1. The van der Waals surface area contributed by atoms with Gasteiger partial charge in [-0.05, 0) is 6.07 Å². The molecule has 1 heterocycles. The van der Waals surface area contributed by atoms with Gasteiger partial charge in [-0.2, -0.15) is 0 Å². The Morgan fingerprint density at radius 1 is 1.33 bits per heavy atom. The number of nitrogens with one attached hydrogen (secondary N) is 1. The monoisotopic (exact) mass is 207 g/mol. The van der Waals surface area contributed by atoms with Gasteiger partial charge >= 0.3 is 5.97 Å². The maximum absolute atomic E-state index is 11.2. The number of phenols is 2. The molecule has 5 heteroatoms. The topological polar surface area (TPSA) is 82.6 Å². The second-order valence-corrected chi connectivity index (χ2v) is 3.10. The summed E-state index contributed by atoms with van der Waals surface area (Å²) in [5.74, 6) is -0.681. The Kier molecular flexibility index (Phi) is 2.00. The highest BCUT2D eigenvalue weighted by atomic mass is 16.5. The summed E-state index contributed by atoms with van der Waals surface area (Å²) in [6, 6.07) is 4.09. The van der Waals surface area contributed by atoms with Gasteiger partial charge in [0.25, 0.3) is 0 Å². The first-order valence-electron chi connectivity index (χ1n) is 4.25. The van der Waals surface area contributed by atoms with Gasteiger partial charge in [0.2, 0.25) is 0 Å². The summed E-state index contributed by atoms with van der Waals surface area (Å²) in [7, 11) is 1.27. The van der Waals surface area contributed by atoms with Crippen molar-refractivity contribution in [2.75, 3.05) is 7.11 Å². The minimum Gasteiger partial charge on any atom is -0.508 e. The molecule has 2 aromatic rings. The van der Waals surface area contributed by atoms with Crippen molar-refractivity contribution >= 4 is 16.9 Å². The fourth-order valence-electron chi connectivity index (χ4n) is 1.42. The van der Waals surface area contributed by atoms with E-state index in [1.165, 1.54) is 25.3 Å². The van der Waals surface area contributed by atoms with Crippen molar-refractivity contribution in [3.8, 4) is 11.5 Å². The van der Waals surface area contributed by atoms with Crippen molar-refractivity contribution in [2.45, 2.75) is 0 Å². The summed E-state index contributed by atoms with van der Waals surface area (Å²) in [6.45, 7) is 0. The van der Waals surface area contributed by atoms with Gasteiger partial charge in [-0.1, -0.05) is 0 Å². The van der Waals surface area contributed by atoms with Crippen LogP contribution in [0.25, 0.3) is 10.9 Å². The lowest BCUT2D eigenvalue weighted by Crippen LogP contribution is -2.00. The van der Waals surface area contributed by atoms with Crippen LogP contribution in [0.2, 0.25) is 0 Å². The molecule has 0 saturated carbocycles. The van der Waals surface area contributed by atoms with E-state index < -0.39 is 5.97 Å². The lowest BCUT2D eigenvalue weighted by atomic mass is 10.2. The Hall–Kier alpha value is -2.17. The van der Waals surface area contributed by atoms with E-state index in [0.717, 1.165) is 0 Å². The highest BCUT2D eigenvalue weighted by molar-refractivity contribution is 5.97. The number of phenolic OH excluding ortho intramolecular Hbond substituents is 2. The molecule has 2 rings (SSSR count). The van der Waals surface area contributed by atoms with Crippen molar-refractivity contribution < 1.29 is 19.7 Å². The number of hydrogen-bond acceptors (Lipinski definition) is 4. The number of methoxy groups -OCH3 is 1. The molecule has 78 valence electrons. The standard InChI is InChI=1S/C10H9NO4/c1-15-10(14)8-4-6-7(11-8)2-5(12)3-9(6)13/h2-4,11-13H,1H3. The second-order valence-electron chi connectivity index (χ2n) is 3.10. The number of carbonyl (C=O) groups is 1. The summed E-state index contributed by atoms with van der Waals surface area (Å²) in [5.41, 5.74) is 0.710. The Morgan fingerprint density at radius 2 is 2.07 bits per heavy atom. The molecule has 0 amide bonds. The fraction of sp³-hybridized carbons (Fsp3) is 0.100. The molecule has 0 saturated heterocycles. The van der Waals surface area contributed by atoms with E-state index in [1.807, 2.05) is 0 Å². The number of H-pyrrole nitrogens is 1. The molecule has 0 atom stereocenters. The van der Waals surface area contributed by atoms with Crippen molar-refractivity contribution in [3.63, 3.8) is 0 Å². The molecular formula is C10H9NO4. The van der Waals surface area contributed by atoms with E-state index in [-0.39, 0.29) is 17.2 Å². The van der Waals surface area contributed by atoms with Gasteiger partial charge in [-0.15, -0.1) is 0 Å². The minimum absolute atomic E-state index is 0.0711. The molecule has 0 aliphatic rings. The van der Waals surface area contributed by atoms with Gasteiger partial charge < -0.3 is 19.9 Å². The van der Waals surface area contributed by atoms with Gasteiger partial charge in [0.15, 0.2) is 0 Å². The Morgan fingerprint density at radius 3 is 2.73 bits per heavy atom. The van der Waals surface area contributed by atoms with Crippen molar-refractivity contribution in [1.29, 1.82) is 0 Å². The van der Waals surface area contributed by atoms with E-state index in [9.17, 15) is 15.0 Å². The van der Waals surface area contributed by atoms with Gasteiger partial charge in [0.1, 0.15) is 17.2 Å². The molecule has 5 nitrogen and oxygen atoms in total. The van der Waals surface area contributed by atoms with Crippen LogP contribution in [0.5, 0.6) is 11.5 Å². The number of esters is 1. The van der Waals surface area contributed by atoms with Crippen LogP contribution in [0.4, 0.5) is 0 Å². The first-order chi connectivity index (χ1) is 7.11. The molecule has 3 N–H and O–H groups in total. The van der Waals surface area contributed by atoms with E-state index in [2.05, 4.69) is 9.72 Å². The summed E-state index contributed by atoms with van der Waals surface area (Å²) in [4.78, 5) is 13.9. The Bertz CT molecular complexity index is 529. The van der Waals surface area contributed by atoms with Crippen LogP contribution >= 0.6 is 0 Å². The fourth-order valence-corrected chi connectivity index (χ4v) is 1.42. The predicted molar refractivity (Wildman–Crippen MR) is 53.0 cm³/mol. The highest BCUT2D eigenvalue weighted by Crippen LogP contribution is 2.30. The van der Waals surface area contributed by atoms with E-state index in [4.69, 9.17) is 0 Å². The van der Waals surface area contributed by atoms with Crippen molar-refractivity contribution in [2.24, 2.45) is 0 Å². The maximum Gasteiger partial charge on any atom is 0.354 e. The number of rotatable bonds is 1. The molecule has 0 aliphatic carbocycles. The van der Waals surface area contributed by atoms with Gasteiger partial charge in [-0.25, -0.2) is 4.79 Å².